The molecule has 126 valence electrons. The molecule has 3 rings (SSSR count). The number of fused-ring (bicyclic) bond motifs is 2. The lowest BCUT2D eigenvalue weighted by Gasteiger charge is -2.37. The van der Waals surface area contributed by atoms with E-state index >= 15 is 0 Å². The summed E-state index contributed by atoms with van der Waals surface area (Å²) in [6, 6.07) is 3.54. The average molecular weight is 344 g/mol. The molecule has 2 fully saturated rings. The van der Waals surface area contributed by atoms with Gasteiger partial charge in [0.25, 0.3) is 0 Å². The highest BCUT2D eigenvalue weighted by Gasteiger charge is 2.41. The molecule has 1 aromatic rings. The third-order valence-corrected chi connectivity index (χ3v) is 7.03. The smallest absolute Gasteiger partial charge is 0.294 e. The summed E-state index contributed by atoms with van der Waals surface area (Å²) >= 11 is 0. The van der Waals surface area contributed by atoms with E-state index in [2.05, 4.69) is 0 Å². The molecule has 0 amide bonds. The molecule has 2 heterocycles. The number of halogens is 3. The lowest BCUT2D eigenvalue weighted by atomic mass is 9.84. The maximum absolute atomic E-state index is 12.9. The molecular formula is C17H19F3O2S. The molecule has 6 heteroatoms. The van der Waals surface area contributed by atoms with Crippen molar-refractivity contribution in [2.45, 2.75) is 55.7 Å². The SMILES string of the molecule is Cc1cc(C(=O)C2CC3CCCC(C2)S3=O)cc(C(F)(F)F)c1. The Morgan fingerprint density at radius 3 is 2.30 bits per heavy atom. The predicted molar refractivity (Wildman–Crippen MR) is 82.8 cm³/mol. The van der Waals surface area contributed by atoms with E-state index < -0.39 is 22.5 Å². The topological polar surface area (TPSA) is 34.1 Å². The summed E-state index contributed by atoms with van der Waals surface area (Å²) in [5.74, 6) is -0.529. The first-order valence-electron chi connectivity index (χ1n) is 7.88. The summed E-state index contributed by atoms with van der Waals surface area (Å²) in [6.45, 7) is 1.57. The van der Waals surface area contributed by atoms with Crippen LogP contribution < -0.4 is 0 Å². The number of rotatable bonds is 2. The van der Waals surface area contributed by atoms with Gasteiger partial charge in [-0.05, 0) is 56.4 Å². The van der Waals surface area contributed by atoms with E-state index in [1.807, 2.05) is 0 Å². The van der Waals surface area contributed by atoms with E-state index in [9.17, 15) is 22.2 Å². The van der Waals surface area contributed by atoms with Crippen LogP contribution in [0.1, 0.15) is 53.6 Å². The Hall–Kier alpha value is -1.17. The van der Waals surface area contributed by atoms with Crippen LogP contribution in [-0.4, -0.2) is 20.5 Å². The third kappa shape index (κ3) is 3.37. The standard InChI is InChI=1S/C17H19F3O2S/c1-10-5-11(7-13(6-10)17(18,19)20)16(21)12-8-14-3-2-4-15(9-12)23(14)22/h5-7,12,14-15H,2-4,8-9H2,1H3. The first-order chi connectivity index (χ1) is 10.8. The van der Waals surface area contributed by atoms with Crippen molar-refractivity contribution < 1.29 is 22.2 Å². The minimum absolute atomic E-state index is 0.0309. The molecule has 2 aliphatic rings. The van der Waals surface area contributed by atoms with E-state index in [4.69, 9.17) is 0 Å². The van der Waals surface area contributed by atoms with Gasteiger partial charge in [-0.15, -0.1) is 0 Å². The number of benzene rings is 1. The van der Waals surface area contributed by atoms with Crippen LogP contribution in [0.25, 0.3) is 0 Å². The molecule has 1 aromatic carbocycles. The van der Waals surface area contributed by atoms with Gasteiger partial charge in [-0.2, -0.15) is 13.2 Å². The fraction of sp³-hybridized carbons (Fsp3) is 0.588. The van der Waals surface area contributed by atoms with Crippen LogP contribution in [0.15, 0.2) is 18.2 Å². The van der Waals surface area contributed by atoms with Crippen LogP contribution in [-0.2, 0) is 17.0 Å². The minimum Gasteiger partial charge on any atom is -0.294 e. The molecule has 0 N–H and O–H groups in total. The van der Waals surface area contributed by atoms with Crippen LogP contribution in [0.2, 0.25) is 0 Å². The molecule has 2 nitrogen and oxygen atoms in total. The third-order valence-electron chi connectivity index (χ3n) is 4.86. The van der Waals surface area contributed by atoms with Crippen molar-refractivity contribution in [2.24, 2.45) is 5.92 Å². The van der Waals surface area contributed by atoms with Gasteiger partial charge in [0.05, 0.1) is 5.56 Å². The quantitative estimate of drug-likeness (QED) is 0.751. The number of carbonyl (C=O) groups excluding carboxylic acids is 1. The lowest BCUT2D eigenvalue weighted by Crippen LogP contribution is -2.41. The first-order valence-corrected chi connectivity index (χ1v) is 9.16. The normalized spacial score (nSPS) is 31.0. The zero-order chi connectivity index (χ0) is 16.8. The summed E-state index contributed by atoms with van der Waals surface area (Å²) in [6.07, 6.45) is -0.631. The van der Waals surface area contributed by atoms with Gasteiger partial charge in [0.1, 0.15) is 0 Å². The van der Waals surface area contributed by atoms with Gasteiger partial charge in [0, 0.05) is 32.8 Å². The maximum Gasteiger partial charge on any atom is 0.416 e. The van der Waals surface area contributed by atoms with Crippen molar-refractivity contribution in [2.75, 3.05) is 0 Å². The Morgan fingerprint density at radius 2 is 1.74 bits per heavy atom. The van der Waals surface area contributed by atoms with Gasteiger partial charge < -0.3 is 0 Å². The van der Waals surface area contributed by atoms with Crippen molar-refractivity contribution in [3.05, 3.63) is 34.9 Å². The zero-order valence-electron chi connectivity index (χ0n) is 12.9. The zero-order valence-corrected chi connectivity index (χ0v) is 13.7. The molecule has 2 saturated heterocycles. The van der Waals surface area contributed by atoms with Gasteiger partial charge in [-0.3, -0.25) is 9.00 Å². The number of Topliss-reactive ketones (excluding diaryl/α,β-unsaturated/α-hetero) is 1. The molecule has 0 spiro atoms. The summed E-state index contributed by atoms with van der Waals surface area (Å²) in [5, 5.41) is 0.0618. The van der Waals surface area contributed by atoms with Crippen LogP contribution >= 0.6 is 0 Å². The summed E-state index contributed by atoms with van der Waals surface area (Å²) in [7, 11) is -0.885. The molecule has 23 heavy (non-hydrogen) atoms. The lowest BCUT2D eigenvalue weighted by molar-refractivity contribution is -0.137. The highest BCUT2D eigenvalue weighted by atomic mass is 32.2. The first kappa shape index (κ1) is 16.7. The Bertz CT molecular complexity index is 638. The van der Waals surface area contributed by atoms with Crippen LogP contribution in [0.3, 0.4) is 0 Å². The number of aryl methyl sites for hydroxylation is 1. The van der Waals surface area contributed by atoms with Gasteiger partial charge in [0.15, 0.2) is 5.78 Å². The van der Waals surface area contributed by atoms with E-state index in [-0.39, 0.29) is 27.8 Å². The molecule has 0 radical (unpaired) electrons. The fourth-order valence-corrected chi connectivity index (χ4v) is 5.96. The molecule has 0 aliphatic carbocycles. The average Bonchev–Trinajstić information content (AvgIpc) is 2.44. The van der Waals surface area contributed by atoms with Gasteiger partial charge in [-0.1, -0.05) is 6.42 Å². The number of hydrogen-bond donors (Lipinski definition) is 0. The number of carbonyl (C=O) groups is 1. The van der Waals surface area contributed by atoms with E-state index in [1.165, 1.54) is 6.07 Å². The Labute approximate surface area is 135 Å². The summed E-state index contributed by atoms with van der Waals surface area (Å²) in [5.41, 5.74) is -0.212. The number of ketones is 1. The van der Waals surface area contributed by atoms with Gasteiger partial charge >= 0.3 is 6.18 Å². The molecule has 0 saturated carbocycles. The van der Waals surface area contributed by atoms with Crippen molar-refractivity contribution in [3.8, 4) is 0 Å². The maximum atomic E-state index is 12.9. The largest absolute Gasteiger partial charge is 0.416 e. The molecule has 2 aliphatic heterocycles. The van der Waals surface area contributed by atoms with Gasteiger partial charge in [0.2, 0.25) is 0 Å². The highest BCUT2D eigenvalue weighted by Crippen LogP contribution is 2.39. The molecule has 0 aromatic heterocycles. The van der Waals surface area contributed by atoms with Gasteiger partial charge in [-0.25, -0.2) is 0 Å². The summed E-state index contributed by atoms with van der Waals surface area (Å²) in [4.78, 5) is 12.7. The molecular weight excluding hydrogens is 325 g/mol. The number of hydrogen-bond acceptors (Lipinski definition) is 2. The Morgan fingerprint density at radius 1 is 1.13 bits per heavy atom. The predicted octanol–water partition coefficient (Wildman–Crippen LogP) is 4.28. The summed E-state index contributed by atoms with van der Waals surface area (Å²) < 4.78 is 51.0. The Kier molecular flexibility index (Phi) is 4.38. The van der Waals surface area contributed by atoms with E-state index in [1.54, 1.807) is 6.92 Å². The Balaban J connectivity index is 1.86. The highest BCUT2D eigenvalue weighted by molar-refractivity contribution is 7.86. The monoisotopic (exact) mass is 344 g/mol. The minimum atomic E-state index is -4.45. The van der Waals surface area contributed by atoms with Crippen LogP contribution in [0.4, 0.5) is 13.2 Å². The van der Waals surface area contributed by atoms with Crippen LogP contribution in [0.5, 0.6) is 0 Å². The van der Waals surface area contributed by atoms with E-state index in [0.29, 0.717) is 18.4 Å². The van der Waals surface area contributed by atoms with Crippen molar-refractivity contribution in [3.63, 3.8) is 0 Å². The number of alkyl halides is 3. The second kappa shape index (κ2) is 6.04. The second-order valence-electron chi connectivity index (χ2n) is 6.62. The van der Waals surface area contributed by atoms with Crippen molar-refractivity contribution in [1.29, 1.82) is 0 Å². The van der Waals surface area contributed by atoms with Crippen LogP contribution in [0, 0.1) is 12.8 Å². The molecule has 2 unspecified atom stereocenters. The van der Waals surface area contributed by atoms with Crippen molar-refractivity contribution in [1.82, 2.24) is 0 Å². The molecule has 2 atom stereocenters. The fourth-order valence-electron chi connectivity index (χ4n) is 3.77. The molecule has 2 bridgehead atoms. The van der Waals surface area contributed by atoms with Crippen molar-refractivity contribution >= 4 is 16.6 Å². The van der Waals surface area contributed by atoms with E-state index in [0.717, 1.165) is 31.4 Å². The second-order valence-corrected chi connectivity index (χ2v) is 8.61.